The monoisotopic (exact) mass is 761 g/mol. The number of carbonyl (C=O) groups excluding carboxylic acids is 3. The van der Waals surface area contributed by atoms with E-state index in [-0.39, 0.29) is 36.2 Å². The SMILES string of the molecule is C[C@@H]1Cc2c([nH]c3ccccc23)[C@@H](c2cnc(N3CCC(NC4CCN(c5ccc6c(c5)CN(C5CCC(=O)NC5=O)C6=O)CC4)CC3)nc2)N1CC(C)(C)F. The summed E-state index contributed by atoms with van der Waals surface area (Å²) in [6, 6.07) is 14.7. The van der Waals surface area contributed by atoms with E-state index in [1.165, 1.54) is 10.9 Å². The smallest absolute Gasteiger partial charge is 0.255 e. The quantitative estimate of drug-likeness (QED) is 0.212. The summed E-state index contributed by atoms with van der Waals surface area (Å²) in [5, 5.41) is 7.57. The molecule has 9 rings (SSSR count). The zero-order valence-corrected chi connectivity index (χ0v) is 32.6. The molecule has 2 aromatic heterocycles. The van der Waals surface area contributed by atoms with Gasteiger partial charge >= 0.3 is 0 Å². The normalized spacial score (nSPS) is 24.2. The first kappa shape index (κ1) is 36.7. The second-order valence-electron chi connectivity index (χ2n) is 17.2. The van der Waals surface area contributed by atoms with Gasteiger partial charge in [-0.15, -0.1) is 0 Å². The zero-order valence-electron chi connectivity index (χ0n) is 32.6. The van der Waals surface area contributed by atoms with Crippen molar-refractivity contribution < 1.29 is 18.8 Å². The van der Waals surface area contributed by atoms with Crippen LogP contribution in [0.25, 0.3) is 10.9 Å². The van der Waals surface area contributed by atoms with Gasteiger partial charge < -0.3 is 25.0 Å². The van der Waals surface area contributed by atoms with Crippen molar-refractivity contribution in [3.63, 3.8) is 0 Å². The van der Waals surface area contributed by atoms with Crippen LogP contribution >= 0.6 is 0 Å². The molecule has 3 amide bonds. The Hall–Kier alpha value is -4.88. The van der Waals surface area contributed by atoms with Crippen LogP contribution in [0.2, 0.25) is 0 Å². The number of hydrogen-bond donors (Lipinski definition) is 3. The molecule has 12 nitrogen and oxygen atoms in total. The average molecular weight is 762 g/mol. The van der Waals surface area contributed by atoms with Gasteiger partial charge in [0.05, 0.1) is 6.04 Å². The second-order valence-corrected chi connectivity index (χ2v) is 17.2. The Morgan fingerprint density at radius 1 is 0.911 bits per heavy atom. The van der Waals surface area contributed by atoms with Crippen LogP contribution in [0.4, 0.5) is 16.0 Å². The summed E-state index contributed by atoms with van der Waals surface area (Å²) in [6.07, 6.45) is 9.50. The molecule has 7 heterocycles. The average Bonchev–Trinajstić information content (AvgIpc) is 3.71. The van der Waals surface area contributed by atoms with Crippen molar-refractivity contribution in [3.05, 3.63) is 82.8 Å². The number of carbonyl (C=O) groups is 3. The Morgan fingerprint density at radius 2 is 1.61 bits per heavy atom. The highest BCUT2D eigenvalue weighted by Gasteiger charge is 2.41. The van der Waals surface area contributed by atoms with Crippen LogP contribution in [-0.2, 0) is 22.6 Å². The third-order valence-electron chi connectivity index (χ3n) is 12.7. The van der Waals surface area contributed by atoms with Crippen LogP contribution in [0.1, 0.15) is 98.1 Å². The number of anilines is 2. The molecule has 0 radical (unpaired) electrons. The number of fused-ring (bicyclic) bond motifs is 4. The number of imide groups is 1. The summed E-state index contributed by atoms with van der Waals surface area (Å²) in [5.41, 5.74) is 5.85. The van der Waals surface area contributed by atoms with E-state index < -0.39 is 11.7 Å². The van der Waals surface area contributed by atoms with E-state index in [9.17, 15) is 14.4 Å². The maximum absolute atomic E-state index is 15.2. The predicted octanol–water partition coefficient (Wildman–Crippen LogP) is 5.03. The van der Waals surface area contributed by atoms with Crippen molar-refractivity contribution in [3.8, 4) is 0 Å². The summed E-state index contributed by atoms with van der Waals surface area (Å²) in [6.45, 7) is 9.84. The molecule has 2 aromatic carbocycles. The molecule has 56 heavy (non-hydrogen) atoms. The largest absolute Gasteiger partial charge is 0.371 e. The van der Waals surface area contributed by atoms with E-state index >= 15 is 4.39 Å². The number of hydrogen-bond acceptors (Lipinski definition) is 9. The van der Waals surface area contributed by atoms with Crippen molar-refractivity contribution in [2.24, 2.45) is 0 Å². The lowest BCUT2D eigenvalue weighted by molar-refractivity contribution is -0.136. The van der Waals surface area contributed by atoms with E-state index in [1.54, 1.807) is 18.7 Å². The Labute approximate surface area is 327 Å². The number of para-hydroxylation sites is 1. The van der Waals surface area contributed by atoms with Crippen LogP contribution in [0, 0.1) is 0 Å². The van der Waals surface area contributed by atoms with E-state index in [0.717, 1.165) is 92.3 Å². The fraction of sp³-hybridized carbons (Fsp3) is 0.512. The number of halogens is 1. The maximum Gasteiger partial charge on any atom is 0.255 e. The first-order valence-electron chi connectivity index (χ1n) is 20.4. The lowest BCUT2D eigenvalue weighted by Crippen LogP contribution is -2.52. The number of aromatic nitrogens is 3. The Balaban J connectivity index is 0.791. The highest BCUT2D eigenvalue weighted by Crippen LogP contribution is 2.41. The van der Waals surface area contributed by atoms with E-state index in [0.29, 0.717) is 37.2 Å². The molecule has 3 saturated heterocycles. The molecular formula is C43H52FN9O3. The van der Waals surface area contributed by atoms with Crippen molar-refractivity contribution in [1.29, 1.82) is 0 Å². The number of alkyl halides is 1. The number of amides is 3. The molecule has 0 bridgehead atoms. The first-order chi connectivity index (χ1) is 27.0. The van der Waals surface area contributed by atoms with Crippen molar-refractivity contribution in [2.45, 2.75) is 108 Å². The standard InChI is InChI=1S/C43H52FN9O3/c1-26-20-34-33-6-4-5-7-35(33)48-38(34)39(53(26)25-43(2,3)44)28-22-45-42(46-23-28)51-18-14-30(15-19-51)47-29-12-16-50(17-13-29)31-8-9-32-27(21-31)24-52(41(32)56)36-10-11-37(54)49-40(36)55/h4-9,21-23,26,29-30,36,39,47-48H,10-20,24-25H2,1-3H3,(H,49,54,55)/t26-,36?,39-/m1/s1. The molecule has 0 aliphatic carbocycles. The van der Waals surface area contributed by atoms with Crippen molar-refractivity contribution in [2.75, 3.05) is 42.5 Å². The number of nitrogens with zero attached hydrogens (tertiary/aromatic N) is 6. The third-order valence-corrected chi connectivity index (χ3v) is 12.7. The maximum atomic E-state index is 15.2. The number of benzene rings is 2. The molecule has 3 fully saturated rings. The molecule has 13 heteroatoms. The van der Waals surface area contributed by atoms with Gasteiger partial charge in [-0.25, -0.2) is 14.4 Å². The molecule has 3 atom stereocenters. The summed E-state index contributed by atoms with van der Waals surface area (Å²) < 4.78 is 15.2. The highest BCUT2D eigenvalue weighted by atomic mass is 19.1. The predicted molar refractivity (Wildman–Crippen MR) is 213 cm³/mol. The topological polar surface area (TPSA) is 130 Å². The molecule has 0 spiro atoms. The lowest BCUT2D eigenvalue weighted by atomic mass is 9.88. The summed E-state index contributed by atoms with van der Waals surface area (Å²) in [7, 11) is 0. The van der Waals surface area contributed by atoms with Crippen LogP contribution in [-0.4, -0.2) is 105 Å². The van der Waals surface area contributed by atoms with Crippen molar-refractivity contribution in [1.82, 2.24) is 35.4 Å². The fourth-order valence-electron chi connectivity index (χ4n) is 9.82. The molecule has 5 aliphatic heterocycles. The summed E-state index contributed by atoms with van der Waals surface area (Å²) >= 11 is 0. The second kappa shape index (κ2) is 14.6. The minimum Gasteiger partial charge on any atom is -0.371 e. The van der Waals surface area contributed by atoms with Gasteiger partial charge in [-0.2, -0.15) is 0 Å². The molecular weight excluding hydrogens is 710 g/mol. The minimum absolute atomic E-state index is 0.136. The van der Waals surface area contributed by atoms with Crippen LogP contribution in [0.3, 0.4) is 0 Å². The molecule has 5 aliphatic rings. The van der Waals surface area contributed by atoms with Crippen LogP contribution in [0.5, 0.6) is 0 Å². The van der Waals surface area contributed by atoms with Gasteiger partial charge in [-0.05, 0) is 94.7 Å². The van der Waals surface area contributed by atoms with Gasteiger partial charge in [0.25, 0.3) is 5.91 Å². The van der Waals surface area contributed by atoms with Crippen LogP contribution < -0.4 is 20.4 Å². The van der Waals surface area contributed by atoms with Crippen LogP contribution in [0.15, 0.2) is 54.9 Å². The number of piperidine rings is 3. The zero-order chi connectivity index (χ0) is 38.7. The summed E-state index contributed by atoms with van der Waals surface area (Å²) in [5.74, 6) is -0.0494. The molecule has 3 N–H and O–H groups in total. The van der Waals surface area contributed by atoms with E-state index in [4.69, 9.17) is 9.97 Å². The van der Waals surface area contributed by atoms with Crippen molar-refractivity contribution >= 4 is 40.3 Å². The van der Waals surface area contributed by atoms with Gasteiger partial charge in [0, 0.05) is 110 Å². The van der Waals surface area contributed by atoms with Gasteiger partial charge in [0.2, 0.25) is 17.8 Å². The van der Waals surface area contributed by atoms with E-state index in [2.05, 4.69) is 67.6 Å². The lowest BCUT2D eigenvalue weighted by Gasteiger charge is -2.42. The minimum atomic E-state index is -1.35. The first-order valence-corrected chi connectivity index (χ1v) is 20.4. The van der Waals surface area contributed by atoms with Gasteiger partial charge in [0.1, 0.15) is 11.7 Å². The van der Waals surface area contributed by atoms with E-state index in [1.807, 2.05) is 24.5 Å². The Kier molecular flexibility index (Phi) is 9.56. The van der Waals surface area contributed by atoms with Gasteiger partial charge in [-0.1, -0.05) is 18.2 Å². The Morgan fingerprint density at radius 3 is 2.30 bits per heavy atom. The number of rotatable bonds is 8. The number of nitrogens with one attached hydrogen (secondary N) is 3. The molecule has 294 valence electrons. The van der Waals surface area contributed by atoms with Gasteiger partial charge in [-0.3, -0.25) is 24.6 Å². The molecule has 4 aromatic rings. The number of H-pyrrole nitrogens is 1. The third kappa shape index (κ3) is 7.04. The summed E-state index contributed by atoms with van der Waals surface area (Å²) in [4.78, 5) is 59.3. The number of aromatic amines is 1. The molecule has 1 unspecified atom stereocenters. The fourth-order valence-corrected chi connectivity index (χ4v) is 9.82. The Bertz CT molecular complexity index is 2130. The van der Waals surface area contributed by atoms with Gasteiger partial charge in [0.15, 0.2) is 0 Å². The highest BCUT2D eigenvalue weighted by molar-refractivity contribution is 6.05. The molecule has 0 saturated carbocycles.